The molecule has 0 atom stereocenters. The summed E-state index contributed by atoms with van der Waals surface area (Å²) >= 11 is 0. The van der Waals surface area contributed by atoms with Gasteiger partial charge in [0.05, 0.1) is 5.60 Å². The van der Waals surface area contributed by atoms with Crippen LogP contribution in [0.15, 0.2) is 18.5 Å². The summed E-state index contributed by atoms with van der Waals surface area (Å²) in [4.78, 5) is 4.06. The predicted octanol–water partition coefficient (Wildman–Crippen LogP) is 2.54. The lowest BCUT2D eigenvalue weighted by Gasteiger charge is -2.28. The van der Waals surface area contributed by atoms with E-state index in [1.54, 1.807) is 18.5 Å². The van der Waals surface area contributed by atoms with Gasteiger partial charge in [-0.05, 0) is 24.5 Å². The molecule has 0 saturated carbocycles. The van der Waals surface area contributed by atoms with Gasteiger partial charge in [-0.15, -0.1) is 0 Å². The zero-order chi connectivity index (χ0) is 12.0. The molecular weight excluding hydrogens is 200 g/mol. The number of nitrogens with two attached hydrogens (primary N) is 1. The maximum atomic E-state index is 10.5. The summed E-state index contributed by atoms with van der Waals surface area (Å²) in [5.74, 6) is 0. The molecule has 1 heterocycles. The normalized spacial score (nSPS) is 11.7. The van der Waals surface area contributed by atoms with Gasteiger partial charge in [0.25, 0.3) is 0 Å². The first-order valence-corrected chi connectivity index (χ1v) is 6.02. The Balaban J connectivity index is 2.79. The molecule has 0 saturated heterocycles. The number of aromatic nitrogens is 1. The van der Waals surface area contributed by atoms with Crippen molar-refractivity contribution in [1.82, 2.24) is 4.98 Å². The highest BCUT2D eigenvalue weighted by molar-refractivity contribution is 5.44. The molecule has 0 fully saturated rings. The van der Waals surface area contributed by atoms with E-state index in [0.29, 0.717) is 6.42 Å². The van der Waals surface area contributed by atoms with E-state index in [-0.39, 0.29) is 0 Å². The van der Waals surface area contributed by atoms with Gasteiger partial charge in [0, 0.05) is 24.5 Å². The molecular formula is C13H22N2O. The Morgan fingerprint density at radius 1 is 1.31 bits per heavy atom. The van der Waals surface area contributed by atoms with Crippen molar-refractivity contribution in [2.45, 2.75) is 51.6 Å². The van der Waals surface area contributed by atoms with Gasteiger partial charge >= 0.3 is 0 Å². The zero-order valence-corrected chi connectivity index (χ0v) is 10.2. The molecule has 0 spiro atoms. The Bertz CT molecular complexity index is 319. The van der Waals surface area contributed by atoms with Crippen LogP contribution in [-0.4, -0.2) is 15.7 Å². The standard InChI is InChI=1S/C13H22N2O/c1-3-6-13(16,7-4-2)9-11-10-15-8-5-12(11)14/h5,8,10,16H,3-4,6-7,9H2,1-2H3,(H2,14,15). The summed E-state index contributed by atoms with van der Waals surface area (Å²) in [6, 6.07) is 1.79. The maximum absolute atomic E-state index is 10.5. The largest absolute Gasteiger partial charge is 0.398 e. The number of rotatable bonds is 6. The van der Waals surface area contributed by atoms with Crippen LogP contribution in [0.2, 0.25) is 0 Å². The fourth-order valence-corrected chi connectivity index (χ4v) is 2.17. The molecule has 0 bridgehead atoms. The van der Waals surface area contributed by atoms with Crippen molar-refractivity contribution in [3.8, 4) is 0 Å². The number of nitrogens with zero attached hydrogens (tertiary/aromatic N) is 1. The van der Waals surface area contributed by atoms with Crippen molar-refractivity contribution in [3.63, 3.8) is 0 Å². The van der Waals surface area contributed by atoms with Crippen molar-refractivity contribution in [2.75, 3.05) is 5.73 Å². The quantitative estimate of drug-likeness (QED) is 0.777. The lowest BCUT2D eigenvalue weighted by atomic mass is 9.86. The molecule has 0 aromatic carbocycles. The number of hydrogen-bond donors (Lipinski definition) is 2. The summed E-state index contributed by atoms with van der Waals surface area (Å²) in [5.41, 5.74) is 6.92. The highest BCUT2D eigenvalue weighted by Gasteiger charge is 2.25. The molecule has 3 nitrogen and oxygen atoms in total. The molecule has 0 amide bonds. The van der Waals surface area contributed by atoms with E-state index >= 15 is 0 Å². The van der Waals surface area contributed by atoms with Crippen LogP contribution in [0.25, 0.3) is 0 Å². The Labute approximate surface area is 97.7 Å². The Kier molecular flexibility index (Phi) is 4.74. The number of pyridine rings is 1. The van der Waals surface area contributed by atoms with Crippen molar-refractivity contribution in [3.05, 3.63) is 24.0 Å². The van der Waals surface area contributed by atoms with E-state index in [2.05, 4.69) is 18.8 Å². The van der Waals surface area contributed by atoms with Crippen LogP contribution in [-0.2, 0) is 6.42 Å². The molecule has 0 unspecified atom stereocenters. The second-order valence-corrected chi connectivity index (χ2v) is 4.48. The Morgan fingerprint density at radius 3 is 2.44 bits per heavy atom. The van der Waals surface area contributed by atoms with E-state index in [1.165, 1.54) is 0 Å². The van der Waals surface area contributed by atoms with Crippen molar-refractivity contribution in [2.24, 2.45) is 0 Å². The third-order valence-electron chi connectivity index (χ3n) is 2.89. The fourth-order valence-electron chi connectivity index (χ4n) is 2.17. The van der Waals surface area contributed by atoms with Crippen molar-refractivity contribution >= 4 is 5.69 Å². The average molecular weight is 222 g/mol. The van der Waals surface area contributed by atoms with Gasteiger partial charge in [-0.3, -0.25) is 4.98 Å². The Morgan fingerprint density at radius 2 is 1.94 bits per heavy atom. The number of hydrogen-bond acceptors (Lipinski definition) is 3. The van der Waals surface area contributed by atoms with E-state index in [1.807, 2.05) is 0 Å². The lowest BCUT2D eigenvalue weighted by Crippen LogP contribution is -2.31. The molecule has 16 heavy (non-hydrogen) atoms. The summed E-state index contributed by atoms with van der Waals surface area (Å²) in [7, 11) is 0. The average Bonchev–Trinajstić information content (AvgIpc) is 2.22. The van der Waals surface area contributed by atoms with Gasteiger partial charge in [-0.1, -0.05) is 26.7 Å². The third-order valence-corrected chi connectivity index (χ3v) is 2.89. The molecule has 1 aromatic heterocycles. The first-order chi connectivity index (χ1) is 7.61. The van der Waals surface area contributed by atoms with Crippen LogP contribution in [0.4, 0.5) is 5.69 Å². The van der Waals surface area contributed by atoms with Crippen molar-refractivity contribution < 1.29 is 5.11 Å². The van der Waals surface area contributed by atoms with Crippen LogP contribution in [0.1, 0.15) is 45.1 Å². The first-order valence-electron chi connectivity index (χ1n) is 6.02. The van der Waals surface area contributed by atoms with E-state index in [4.69, 9.17) is 5.73 Å². The maximum Gasteiger partial charge on any atom is 0.0689 e. The van der Waals surface area contributed by atoms with Gasteiger partial charge in [0.15, 0.2) is 0 Å². The molecule has 90 valence electrons. The monoisotopic (exact) mass is 222 g/mol. The summed E-state index contributed by atoms with van der Waals surface area (Å²) in [5, 5.41) is 10.5. The zero-order valence-electron chi connectivity index (χ0n) is 10.2. The summed E-state index contributed by atoms with van der Waals surface area (Å²) in [6.07, 6.45) is 7.63. The third kappa shape index (κ3) is 3.49. The number of nitrogen functional groups attached to an aromatic ring is 1. The molecule has 0 radical (unpaired) electrons. The molecule has 3 N–H and O–H groups in total. The van der Waals surface area contributed by atoms with E-state index < -0.39 is 5.60 Å². The van der Waals surface area contributed by atoms with Crippen LogP contribution in [0.3, 0.4) is 0 Å². The van der Waals surface area contributed by atoms with Gasteiger partial charge in [-0.2, -0.15) is 0 Å². The molecule has 0 aliphatic carbocycles. The minimum Gasteiger partial charge on any atom is -0.398 e. The minimum absolute atomic E-state index is 0.606. The Hall–Kier alpha value is -1.09. The molecule has 1 rings (SSSR count). The van der Waals surface area contributed by atoms with Gasteiger partial charge in [-0.25, -0.2) is 0 Å². The first kappa shape index (κ1) is 13.0. The highest BCUT2D eigenvalue weighted by atomic mass is 16.3. The number of anilines is 1. The predicted molar refractivity (Wildman–Crippen MR) is 67.1 cm³/mol. The van der Waals surface area contributed by atoms with Crippen LogP contribution in [0, 0.1) is 0 Å². The van der Waals surface area contributed by atoms with Crippen LogP contribution in [0.5, 0.6) is 0 Å². The molecule has 0 aliphatic heterocycles. The second kappa shape index (κ2) is 5.85. The summed E-state index contributed by atoms with van der Waals surface area (Å²) < 4.78 is 0. The SMILES string of the molecule is CCCC(O)(CCC)Cc1cnccc1N. The smallest absolute Gasteiger partial charge is 0.0689 e. The van der Waals surface area contributed by atoms with Crippen LogP contribution < -0.4 is 5.73 Å². The second-order valence-electron chi connectivity index (χ2n) is 4.48. The molecule has 0 aliphatic rings. The van der Waals surface area contributed by atoms with E-state index in [9.17, 15) is 5.11 Å². The van der Waals surface area contributed by atoms with Gasteiger partial charge in [0.1, 0.15) is 0 Å². The van der Waals surface area contributed by atoms with Crippen LogP contribution >= 0.6 is 0 Å². The molecule has 3 heteroatoms. The summed E-state index contributed by atoms with van der Waals surface area (Å²) in [6.45, 7) is 4.18. The van der Waals surface area contributed by atoms with Gasteiger partial charge in [0.2, 0.25) is 0 Å². The highest BCUT2D eigenvalue weighted by Crippen LogP contribution is 2.26. The fraction of sp³-hybridized carbons (Fsp3) is 0.615. The number of aliphatic hydroxyl groups is 1. The molecule has 1 aromatic rings. The topological polar surface area (TPSA) is 59.1 Å². The van der Waals surface area contributed by atoms with E-state index in [0.717, 1.165) is 36.9 Å². The van der Waals surface area contributed by atoms with Crippen molar-refractivity contribution in [1.29, 1.82) is 0 Å². The minimum atomic E-state index is -0.624. The van der Waals surface area contributed by atoms with Gasteiger partial charge < -0.3 is 10.8 Å². The lowest BCUT2D eigenvalue weighted by molar-refractivity contribution is 0.0217.